The zero-order chi connectivity index (χ0) is 19.8. The van der Waals surface area contributed by atoms with Gasteiger partial charge >= 0.3 is 0 Å². The highest BCUT2D eigenvalue weighted by Crippen LogP contribution is 2.19. The second-order valence-electron chi connectivity index (χ2n) is 6.63. The van der Waals surface area contributed by atoms with Gasteiger partial charge in [0, 0.05) is 50.8 Å². The summed E-state index contributed by atoms with van der Waals surface area (Å²) in [5.74, 6) is 0.974. The summed E-state index contributed by atoms with van der Waals surface area (Å²) in [5, 5.41) is 4.04. The number of hydrogen-bond acceptors (Lipinski definition) is 6. The highest BCUT2D eigenvalue weighted by molar-refractivity contribution is 5.86. The SMILES string of the molecule is CCC(CC)Cn1ccc2cnc(N/C(C=NCC(=O)N(C)C)=C/N)nc21. The minimum Gasteiger partial charge on any atom is -0.403 e. The standard InChI is InChI=1S/C19H29N7O/c1-5-14(6-2)13-26-8-7-15-10-22-19(24-18(15)26)23-16(9-20)11-21-12-17(27)25(3)4/h7-11,14H,5-6,12-13,20H2,1-4H3,(H,22,23,24)/b16-9+,21-11?. The van der Waals surface area contributed by atoms with Crippen LogP contribution in [0.15, 0.2) is 35.3 Å². The molecular weight excluding hydrogens is 342 g/mol. The summed E-state index contributed by atoms with van der Waals surface area (Å²) >= 11 is 0. The molecule has 0 atom stereocenters. The summed E-state index contributed by atoms with van der Waals surface area (Å²) in [4.78, 5) is 26.1. The monoisotopic (exact) mass is 371 g/mol. The first-order valence-electron chi connectivity index (χ1n) is 9.19. The zero-order valence-corrected chi connectivity index (χ0v) is 16.5. The molecule has 0 saturated heterocycles. The summed E-state index contributed by atoms with van der Waals surface area (Å²) in [6.07, 6.45) is 8.99. The van der Waals surface area contributed by atoms with Gasteiger partial charge in [0.2, 0.25) is 11.9 Å². The number of nitrogens with zero attached hydrogens (tertiary/aromatic N) is 5. The normalized spacial score (nSPS) is 12.3. The number of rotatable bonds is 9. The number of anilines is 1. The van der Waals surface area contributed by atoms with Crippen LogP contribution in [0.1, 0.15) is 26.7 Å². The van der Waals surface area contributed by atoms with E-state index in [-0.39, 0.29) is 12.5 Å². The van der Waals surface area contributed by atoms with Crippen LogP contribution >= 0.6 is 0 Å². The van der Waals surface area contributed by atoms with Crippen molar-refractivity contribution >= 4 is 29.1 Å². The Morgan fingerprint density at radius 1 is 1.41 bits per heavy atom. The lowest BCUT2D eigenvalue weighted by Crippen LogP contribution is -2.24. The number of carbonyl (C=O) groups excluding carboxylic acids is 1. The van der Waals surface area contributed by atoms with Gasteiger partial charge in [-0.3, -0.25) is 9.79 Å². The van der Waals surface area contributed by atoms with Gasteiger partial charge in [0.1, 0.15) is 12.2 Å². The van der Waals surface area contributed by atoms with Gasteiger partial charge in [-0.05, 0) is 12.0 Å². The maximum atomic E-state index is 11.6. The summed E-state index contributed by atoms with van der Waals surface area (Å²) in [6, 6.07) is 2.02. The van der Waals surface area contributed by atoms with E-state index in [2.05, 4.69) is 44.9 Å². The zero-order valence-electron chi connectivity index (χ0n) is 16.5. The Bertz CT molecular complexity index is 819. The molecule has 0 fully saturated rings. The molecule has 3 N–H and O–H groups in total. The first-order chi connectivity index (χ1) is 13.0. The summed E-state index contributed by atoms with van der Waals surface area (Å²) < 4.78 is 2.16. The van der Waals surface area contributed by atoms with Crippen molar-refractivity contribution in [1.29, 1.82) is 0 Å². The van der Waals surface area contributed by atoms with Crippen molar-refractivity contribution in [3.8, 4) is 0 Å². The number of aliphatic imine (C=N–C) groups is 1. The van der Waals surface area contributed by atoms with Crippen LogP contribution in [-0.2, 0) is 11.3 Å². The largest absolute Gasteiger partial charge is 0.403 e. The first-order valence-corrected chi connectivity index (χ1v) is 9.19. The van der Waals surface area contributed by atoms with Gasteiger partial charge in [-0.25, -0.2) is 4.98 Å². The van der Waals surface area contributed by atoms with Crippen LogP contribution in [0.25, 0.3) is 11.0 Å². The third-order valence-electron chi connectivity index (χ3n) is 4.50. The molecule has 146 valence electrons. The van der Waals surface area contributed by atoms with Crippen LogP contribution in [0.2, 0.25) is 0 Å². The number of nitrogens with two attached hydrogens (primary N) is 1. The van der Waals surface area contributed by atoms with Crippen LogP contribution in [-0.4, -0.2) is 52.2 Å². The molecule has 1 amide bonds. The molecule has 0 bridgehead atoms. The highest BCUT2D eigenvalue weighted by Gasteiger charge is 2.10. The van der Waals surface area contributed by atoms with Crippen molar-refractivity contribution in [3.63, 3.8) is 0 Å². The fourth-order valence-corrected chi connectivity index (χ4v) is 2.61. The average Bonchev–Trinajstić information content (AvgIpc) is 3.06. The van der Waals surface area contributed by atoms with Crippen molar-refractivity contribution in [2.24, 2.45) is 16.6 Å². The van der Waals surface area contributed by atoms with Crippen molar-refractivity contribution in [2.45, 2.75) is 33.2 Å². The number of likely N-dealkylation sites (N-methyl/N-ethyl adjacent to an activating group) is 1. The van der Waals surface area contributed by atoms with Crippen molar-refractivity contribution in [1.82, 2.24) is 19.4 Å². The molecular formula is C19H29N7O. The molecule has 0 aliphatic heterocycles. The molecule has 0 aliphatic carbocycles. The lowest BCUT2D eigenvalue weighted by molar-refractivity contribution is -0.127. The Hall–Kier alpha value is -2.90. The minimum atomic E-state index is -0.0838. The summed E-state index contributed by atoms with van der Waals surface area (Å²) in [5.41, 5.74) is 7.06. The molecule has 27 heavy (non-hydrogen) atoms. The number of amides is 1. The molecule has 2 rings (SSSR count). The van der Waals surface area contributed by atoms with Gasteiger partial charge in [0.15, 0.2) is 0 Å². The van der Waals surface area contributed by atoms with Crippen LogP contribution in [0.3, 0.4) is 0 Å². The number of aromatic nitrogens is 3. The lowest BCUT2D eigenvalue weighted by Gasteiger charge is -2.14. The topological polar surface area (TPSA) is 101 Å². The number of fused-ring (bicyclic) bond motifs is 1. The second-order valence-corrected chi connectivity index (χ2v) is 6.63. The minimum absolute atomic E-state index is 0.0597. The number of carbonyl (C=O) groups is 1. The third kappa shape index (κ3) is 5.54. The van der Waals surface area contributed by atoms with Gasteiger partial charge in [-0.2, -0.15) is 4.98 Å². The lowest BCUT2D eigenvalue weighted by atomic mass is 10.0. The molecule has 8 nitrogen and oxygen atoms in total. The van der Waals surface area contributed by atoms with E-state index in [1.807, 2.05) is 6.07 Å². The van der Waals surface area contributed by atoms with Gasteiger partial charge in [0.25, 0.3) is 0 Å². The Morgan fingerprint density at radius 2 is 2.15 bits per heavy atom. The fraction of sp³-hybridized carbons (Fsp3) is 0.474. The first kappa shape index (κ1) is 20.4. The van der Waals surface area contributed by atoms with Gasteiger partial charge in [-0.1, -0.05) is 26.7 Å². The predicted octanol–water partition coefficient (Wildman–Crippen LogP) is 2.24. The van der Waals surface area contributed by atoms with E-state index >= 15 is 0 Å². The Labute approximate surface area is 160 Å². The molecule has 2 aromatic heterocycles. The summed E-state index contributed by atoms with van der Waals surface area (Å²) in [7, 11) is 3.38. The molecule has 2 heterocycles. The van der Waals surface area contributed by atoms with Crippen molar-refractivity contribution in [2.75, 3.05) is 26.0 Å². The molecule has 0 saturated carbocycles. The van der Waals surface area contributed by atoms with E-state index in [1.165, 1.54) is 17.3 Å². The molecule has 0 unspecified atom stereocenters. The van der Waals surface area contributed by atoms with E-state index in [0.29, 0.717) is 17.6 Å². The molecule has 0 aliphatic rings. The average molecular weight is 371 g/mol. The number of hydrogen-bond donors (Lipinski definition) is 2. The number of allylic oxidation sites excluding steroid dienone is 1. The molecule has 2 aromatic rings. The molecule has 0 aromatic carbocycles. The second kappa shape index (κ2) is 9.70. The van der Waals surface area contributed by atoms with Crippen LogP contribution in [0, 0.1) is 5.92 Å². The highest BCUT2D eigenvalue weighted by atomic mass is 16.2. The fourth-order valence-electron chi connectivity index (χ4n) is 2.61. The molecule has 0 spiro atoms. The van der Waals surface area contributed by atoms with Gasteiger partial charge in [0.05, 0.1) is 5.70 Å². The van der Waals surface area contributed by atoms with Gasteiger partial charge < -0.3 is 20.5 Å². The maximum absolute atomic E-state index is 11.6. The van der Waals surface area contributed by atoms with Crippen LogP contribution < -0.4 is 11.1 Å². The van der Waals surface area contributed by atoms with E-state index in [4.69, 9.17) is 5.73 Å². The van der Waals surface area contributed by atoms with Crippen molar-refractivity contribution in [3.05, 3.63) is 30.4 Å². The van der Waals surface area contributed by atoms with E-state index in [0.717, 1.165) is 30.4 Å². The Morgan fingerprint density at radius 3 is 2.78 bits per heavy atom. The quantitative estimate of drug-likeness (QED) is 0.658. The predicted molar refractivity (Wildman–Crippen MR) is 110 cm³/mol. The third-order valence-corrected chi connectivity index (χ3v) is 4.50. The Kier molecular flexibility index (Phi) is 7.34. The smallest absolute Gasteiger partial charge is 0.243 e. The number of nitrogens with one attached hydrogen (secondary N) is 1. The maximum Gasteiger partial charge on any atom is 0.243 e. The van der Waals surface area contributed by atoms with E-state index in [1.54, 1.807) is 20.3 Å². The van der Waals surface area contributed by atoms with Gasteiger partial charge in [-0.15, -0.1) is 0 Å². The van der Waals surface area contributed by atoms with Crippen molar-refractivity contribution < 1.29 is 4.79 Å². The van der Waals surface area contributed by atoms with Crippen LogP contribution in [0.5, 0.6) is 0 Å². The van der Waals surface area contributed by atoms with E-state index in [9.17, 15) is 4.79 Å². The molecule has 0 radical (unpaired) electrons. The van der Waals surface area contributed by atoms with Crippen LogP contribution in [0.4, 0.5) is 5.95 Å². The molecule has 8 heteroatoms. The summed E-state index contributed by atoms with van der Waals surface area (Å²) in [6.45, 7) is 5.41. The van der Waals surface area contributed by atoms with E-state index < -0.39 is 0 Å². The Balaban J connectivity index is 2.13.